The lowest BCUT2D eigenvalue weighted by molar-refractivity contribution is -0.138. The fourth-order valence-corrected chi connectivity index (χ4v) is 1.05. The first kappa shape index (κ1) is 14.4. The molecule has 0 rings (SSSR count). The number of likely N-dealkylation sites (N-methyl/N-ethyl adjacent to an activating group) is 1. The number of carbonyl (C=O) groups is 3. The molecule has 92 valence electrons. The van der Waals surface area contributed by atoms with Gasteiger partial charge in [0, 0.05) is 20.0 Å². The Labute approximate surface area is 93.8 Å². The maximum absolute atomic E-state index is 11.2. The zero-order valence-corrected chi connectivity index (χ0v) is 9.45. The minimum Gasteiger partial charge on any atom is -0.480 e. The highest BCUT2D eigenvalue weighted by Crippen LogP contribution is 1.91. The Balaban J connectivity index is 3.88. The second kappa shape index (κ2) is 7.63. The smallest absolute Gasteiger partial charge is 0.321 e. The molecule has 0 aliphatic heterocycles. The first-order valence-corrected chi connectivity index (χ1v) is 4.95. The van der Waals surface area contributed by atoms with E-state index in [1.165, 1.54) is 7.05 Å². The molecule has 0 saturated carbocycles. The summed E-state index contributed by atoms with van der Waals surface area (Å²) in [5.41, 5.74) is 0. The number of nitrogens with one attached hydrogen (secondary N) is 2. The fourth-order valence-electron chi connectivity index (χ4n) is 1.05. The molecular formula is C9H17N3O4. The van der Waals surface area contributed by atoms with Crippen molar-refractivity contribution in [1.29, 1.82) is 0 Å². The highest BCUT2D eigenvalue weighted by atomic mass is 16.4. The molecule has 7 heteroatoms. The molecule has 0 aliphatic carbocycles. The van der Waals surface area contributed by atoms with Crippen molar-refractivity contribution in [3.05, 3.63) is 0 Å². The van der Waals surface area contributed by atoms with Gasteiger partial charge < -0.3 is 10.4 Å². The van der Waals surface area contributed by atoms with Crippen molar-refractivity contribution in [2.75, 3.05) is 26.7 Å². The maximum atomic E-state index is 11.2. The summed E-state index contributed by atoms with van der Waals surface area (Å²) < 4.78 is 0. The van der Waals surface area contributed by atoms with Crippen LogP contribution in [0.1, 0.15) is 13.3 Å². The number of carbonyl (C=O) groups excluding carboxylic acids is 2. The molecule has 0 spiro atoms. The number of hydrogen-bond acceptors (Lipinski definition) is 4. The number of urea groups is 1. The first-order valence-electron chi connectivity index (χ1n) is 4.95. The van der Waals surface area contributed by atoms with Crippen molar-refractivity contribution < 1.29 is 19.5 Å². The van der Waals surface area contributed by atoms with Crippen molar-refractivity contribution in [2.45, 2.75) is 13.3 Å². The van der Waals surface area contributed by atoms with Crippen LogP contribution >= 0.6 is 0 Å². The number of carboxylic acids is 1. The van der Waals surface area contributed by atoms with Gasteiger partial charge >= 0.3 is 12.0 Å². The molecule has 0 unspecified atom stereocenters. The van der Waals surface area contributed by atoms with Gasteiger partial charge in [0.15, 0.2) is 0 Å². The van der Waals surface area contributed by atoms with E-state index >= 15 is 0 Å². The Kier molecular flexibility index (Phi) is 6.86. The number of imide groups is 1. The van der Waals surface area contributed by atoms with Crippen molar-refractivity contribution in [2.24, 2.45) is 0 Å². The molecule has 0 aromatic heterocycles. The molecule has 0 atom stereocenters. The van der Waals surface area contributed by atoms with Gasteiger partial charge in [-0.05, 0) is 6.54 Å². The van der Waals surface area contributed by atoms with Gasteiger partial charge in [-0.1, -0.05) is 6.92 Å². The SMILES string of the molecule is CCN(CCC(=O)NC(=O)NC)CC(=O)O. The molecule has 0 radical (unpaired) electrons. The third-order valence-electron chi connectivity index (χ3n) is 1.94. The Morgan fingerprint density at radius 1 is 1.31 bits per heavy atom. The molecule has 3 amide bonds. The number of amides is 3. The lowest BCUT2D eigenvalue weighted by Gasteiger charge is -2.17. The van der Waals surface area contributed by atoms with Crippen molar-refractivity contribution in [1.82, 2.24) is 15.5 Å². The van der Waals surface area contributed by atoms with Crippen molar-refractivity contribution in [3.63, 3.8) is 0 Å². The molecule has 0 fully saturated rings. The standard InChI is InChI=1S/C9H17N3O4/c1-3-12(6-8(14)15)5-4-7(13)11-9(16)10-2/h3-6H2,1-2H3,(H,14,15)(H2,10,11,13,16). The molecule has 3 N–H and O–H groups in total. The summed E-state index contributed by atoms with van der Waals surface area (Å²) in [6, 6.07) is -0.564. The van der Waals surface area contributed by atoms with Gasteiger partial charge in [-0.25, -0.2) is 4.79 Å². The Morgan fingerprint density at radius 3 is 2.38 bits per heavy atom. The predicted octanol–water partition coefficient (Wildman–Crippen LogP) is -0.761. The monoisotopic (exact) mass is 231 g/mol. The second-order valence-corrected chi connectivity index (χ2v) is 3.14. The van der Waals surface area contributed by atoms with E-state index in [-0.39, 0.29) is 13.0 Å². The molecule has 7 nitrogen and oxygen atoms in total. The van der Waals surface area contributed by atoms with E-state index in [0.717, 1.165) is 0 Å². The summed E-state index contributed by atoms with van der Waals surface area (Å²) >= 11 is 0. The minimum atomic E-state index is -0.937. The quantitative estimate of drug-likeness (QED) is 0.558. The first-order chi connectivity index (χ1) is 7.49. The summed E-state index contributed by atoms with van der Waals surface area (Å²) in [6.07, 6.45) is 0.0918. The van der Waals surface area contributed by atoms with Crippen LogP contribution in [0.3, 0.4) is 0 Å². The lowest BCUT2D eigenvalue weighted by atomic mass is 10.3. The van der Waals surface area contributed by atoms with Crippen LogP contribution < -0.4 is 10.6 Å². The van der Waals surface area contributed by atoms with Gasteiger partial charge in [0.25, 0.3) is 0 Å². The van der Waals surface area contributed by atoms with E-state index in [2.05, 4.69) is 10.6 Å². The summed E-state index contributed by atoms with van der Waals surface area (Å²) in [6.45, 7) is 2.55. The molecule has 16 heavy (non-hydrogen) atoms. The van der Waals surface area contributed by atoms with Crippen LogP contribution in [0.15, 0.2) is 0 Å². The number of carboxylic acid groups (broad SMARTS) is 1. The minimum absolute atomic E-state index is 0.0918. The highest BCUT2D eigenvalue weighted by molar-refractivity contribution is 5.94. The number of rotatable bonds is 6. The fraction of sp³-hybridized carbons (Fsp3) is 0.667. The van der Waals surface area contributed by atoms with Crippen LogP contribution in [-0.2, 0) is 9.59 Å². The van der Waals surface area contributed by atoms with Gasteiger partial charge in [-0.2, -0.15) is 0 Å². The zero-order chi connectivity index (χ0) is 12.6. The predicted molar refractivity (Wildman–Crippen MR) is 57.0 cm³/mol. The highest BCUT2D eigenvalue weighted by Gasteiger charge is 2.11. The lowest BCUT2D eigenvalue weighted by Crippen LogP contribution is -2.39. The molecule has 0 aromatic rings. The molecule has 0 heterocycles. The Morgan fingerprint density at radius 2 is 1.94 bits per heavy atom. The van der Waals surface area contributed by atoms with Gasteiger partial charge in [0.05, 0.1) is 6.54 Å². The zero-order valence-electron chi connectivity index (χ0n) is 9.45. The average Bonchev–Trinajstić information content (AvgIpc) is 2.23. The number of aliphatic carboxylic acids is 1. The molecule has 0 saturated heterocycles. The molecular weight excluding hydrogens is 214 g/mol. The van der Waals surface area contributed by atoms with Crippen molar-refractivity contribution in [3.8, 4) is 0 Å². The second-order valence-electron chi connectivity index (χ2n) is 3.14. The van der Waals surface area contributed by atoms with E-state index in [1.54, 1.807) is 11.8 Å². The van der Waals surface area contributed by atoms with E-state index in [4.69, 9.17) is 5.11 Å². The van der Waals surface area contributed by atoms with Crippen LogP contribution in [0.2, 0.25) is 0 Å². The van der Waals surface area contributed by atoms with Crippen LogP contribution in [0.4, 0.5) is 4.79 Å². The van der Waals surface area contributed by atoms with Crippen LogP contribution in [0.5, 0.6) is 0 Å². The topological polar surface area (TPSA) is 98.7 Å². The van der Waals surface area contributed by atoms with Crippen LogP contribution in [0.25, 0.3) is 0 Å². The summed E-state index contributed by atoms with van der Waals surface area (Å²) in [5.74, 6) is -1.36. The van der Waals surface area contributed by atoms with E-state index in [9.17, 15) is 14.4 Å². The van der Waals surface area contributed by atoms with Gasteiger partial charge in [0.2, 0.25) is 5.91 Å². The Hall–Kier alpha value is -1.63. The van der Waals surface area contributed by atoms with E-state index in [0.29, 0.717) is 13.1 Å². The van der Waals surface area contributed by atoms with Gasteiger partial charge in [-0.15, -0.1) is 0 Å². The molecule has 0 aliphatic rings. The molecule has 0 aromatic carbocycles. The maximum Gasteiger partial charge on any atom is 0.321 e. The summed E-state index contributed by atoms with van der Waals surface area (Å²) in [4.78, 5) is 34.0. The van der Waals surface area contributed by atoms with Crippen LogP contribution in [0, 0.1) is 0 Å². The average molecular weight is 231 g/mol. The summed E-state index contributed by atoms with van der Waals surface area (Å²) in [7, 11) is 1.41. The Bertz CT molecular complexity index is 267. The van der Waals surface area contributed by atoms with Crippen LogP contribution in [-0.4, -0.2) is 54.6 Å². The molecule has 0 bridgehead atoms. The number of hydrogen-bond donors (Lipinski definition) is 3. The summed E-state index contributed by atoms with van der Waals surface area (Å²) in [5, 5.41) is 12.9. The van der Waals surface area contributed by atoms with Gasteiger partial charge in [0.1, 0.15) is 0 Å². The van der Waals surface area contributed by atoms with E-state index in [1.807, 2.05) is 0 Å². The third-order valence-corrected chi connectivity index (χ3v) is 1.94. The normalized spacial score (nSPS) is 9.94. The largest absolute Gasteiger partial charge is 0.480 e. The van der Waals surface area contributed by atoms with Gasteiger partial charge in [-0.3, -0.25) is 19.8 Å². The third kappa shape index (κ3) is 6.77. The van der Waals surface area contributed by atoms with Crippen molar-refractivity contribution >= 4 is 17.9 Å². The number of nitrogens with zero attached hydrogens (tertiary/aromatic N) is 1. The van der Waals surface area contributed by atoms with E-state index < -0.39 is 17.9 Å².